The van der Waals surface area contributed by atoms with E-state index in [0.717, 1.165) is 42.8 Å². The zero-order valence-electron chi connectivity index (χ0n) is 10.0. The van der Waals surface area contributed by atoms with Gasteiger partial charge in [0.25, 0.3) is 0 Å². The third-order valence-electron chi connectivity index (χ3n) is 3.27. The molecule has 1 aromatic carbocycles. The van der Waals surface area contributed by atoms with E-state index >= 15 is 0 Å². The molecule has 0 radical (unpaired) electrons. The number of halogens is 1. The summed E-state index contributed by atoms with van der Waals surface area (Å²) < 4.78 is 0. The fourth-order valence-electron chi connectivity index (χ4n) is 2.37. The second-order valence-corrected chi connectivity index (χ2v) is 5.03. The first-order valence-electron chi connectivity index (χ1n) is 6.17. The molecule has 0 saturated carbocycles. The third kappa shape index (κ3) is 2.13. The Labute approximate surface area is 111 Å². The number of benzene rings is 1. The molecule has 0 spiro atoms. The van der Waals surface area contributed by atoms with Gasteiger partial charge in [0.1, 0.15) is 0 Å². The number of para-hydroxylation sites is 2. The highest BCUT2D eigenvalue weighted by Crippen LogP contribution is 2.26. The highest BCUT2D eigenvalue weighted by molar-refractivity contribution is 6.32. The maximum absolute atomic E-state index is 6.23. The molecule has 4 nitrogen and oxygen atoms in total. The quantitative estimate of drug-likeness (QED) is 0.856. The summed E-state index contributed by atoms with van der Waals surface area (Å²) in [5.41, 5.74) is 7.69. The minimum Gasteiger partial charge on any atom is -0.352 e. The molecule has 1 aliphatic rings. The molecule has 0 bridgehead atoms. The van der Waals surface area contributed by atoms with Crippen LogP contribution in [0, 0.1) is 0 Å². The van der Waals surface area contributed by atoms with Crippen molar-refractivity contribution >= 4 is 28.5 Å². The molecule has 3 rings (SSSR count). The van der Waals surface area contributed by atoms with Crippen LogP contribution in [0.3, 0.4) is 0 Å². The van der Waals surface area contributed by atoms with Gasteiger partial charge in [0, 0.05) is 19.1 Å². The minimum atomic E-state index is 0.197. The van der Waals surface area contributed by atoms with Gasteiger partial charge in [-0.2, -0.15) is 0 Å². The molecule has 0 amide bonds. The number of hydrogen-bond acceptors (Lipinski definition) is 4. The van der Waals surface area contributed by atoms with Crippen LogP contribution >= 0.6 is 11.6 Å². The lowest BCUT2D eigenvalue weighted by molar-refractivity contribution is 0.503. The molecule has 1 aromatic heterocycles. The van der Waals surface area contributed by atoms with Crippen molar-refractivity contribution in [1.29, 1.82) is 0 Å². The number of piperidine rings is 1. The maximum atomic E-state index is 6.23. The first-order chi connectivity index (χ1) is 8.74. The summed E-state index contributed by atoms with van der Waals surface area (Å²) in [6.45, 7) is 1.74. The summed E-state index contributed by atoms with van der Waals surface area (Å²) in [6.07, 6.45) is 2.14. The average molecular weight is 263 g/mol. The Bertz CT molecular complexity index is 572. The van der Waals surface area contributed by atoms with Crippen LogP contribution in [0.4, 0.5) is 5.82 Å². The molecule has 2 heterocycles. The van der Waals surface area contributed by atoms with Gasteiger partial charge in [0.15, 0.2) is 11.0 Å². The second-order valence-electron chi connectivity index (χ2n) is 4.68. The van der Waals surface area contributed by atoms with E-state index in [1.807, 2.05) is 24.3 Å². The van der Waals surface area contributed by atoms with Crippen LogP contribution in [-0.4, -0.2) is 29.1 Å². The van der Waals surface area contributed by atoms with Gasteiger partial charge in [-0.15, -0.1) is 0 Å². The number of rotatable bonds is 1. The Kier molecular flexibility index (Phi) is 3.06. The van der Waals surface area contributed by atoms with Crippen LogP contribution < -0.4 is 10.6 Å². The Morgan fingerprint density at radius 1 is 1.22 bits per heavy atom. The lowest BCUT2D eigenvalue weighted by Gasteiger charge is -2.31. The number of nitrogens with zero attached hydrogens (tertiary/aromatic N) is 3. The van der Waals surface area contributed by atoms with Gasteiger partial charge in [-0.05, 0) is 25.0 Å². The minimum absolute atomic E-state index is 0.197. The predicted molar refractivity (Wildman–Crippen MR) is 74.0 cm³/mol. The monoisotopic (exact) mass is 262 g/mol. The first-order valence-corrected chi connectivity index (χ1v) is 6.54. The van der Waals surface area contributed by atoms with Crippen LogP contribution in [0.2, 0.25) is 5.15 Å². The van der Waals surface area contributed by atoms with Crippen LogP contribution in [0.15, 0.2) is 24.3 Å². The molecule has 94 valence electrons. The third-order valence-corrected chi connectivity index (χ3v) is 3.52. The molecule has 1 saturated heterocycles. The van der Waals surface area contributed by atoms with Crippen molar-refractivity contribution in [3.8, 4) is 0 Å². The van der Waals surface area contributed by atoms with Gasteiger partial charge in [0.2, 0.25) is 0 Å². The van der Waals surface area contributed by atoms with Crippen molar-refractivity contribution in [3.05, 3.63) is 29.4 Å². The smallest absolute Gasteiger partial charge is 0.172 e. The van der Waals surface area contributed by atoms with E-state index in [1.165, 1.54) is 0 Å². The molecule has 1 fully saturated rings. The van der Waals surface area contributed by atoms with E-state index in [-0.39, 0.29) is 6.04 Å². The molecule has 18 heavy (non-hydrogen) atoms. The van der Waals surface area contributed by atoms with Crippen molar-refractivity contribution in [3.63, 3.8) is 0 Å². The van der Waals surface area contributed by atoms with Crippen molar-refractivity contribution in [2.45, 2.75) is 18.9 Å². The van der Waals surface area contributed by atoms with Crippen molar-refractivity contribution in [1.82, 2.24) is 9.97 Å². The number of nitrogens with two attached hydrogens (primary N) is 1. The largest absolute Gasteiger partial charge is 0.352 e. The average Bonchev–Trinajstić information content (AvgIpc) is 2.38. The SMILES string of the molecule is N[C@H]1CCCN(c2nc3ccccc3nc2Cl)C1. The van der Waals surface area contributed by atoms with Crippen molar-refractivity contribution in [2.75, 3.05) is 18.0 Å². The molecular formula is C13H15ClN4. The molecule has 2 aromatic rings. The molecule has 1 atom stereocenters. The number of aromatic nitrogens is 2. The summed E-state index contributed by atoms with van der Waals surface area (Å²) in [6, 6.07) is 7.95. The van der Waals surface area contributed by atoms with E-state index in [9.17, 15) is 0 Å². The molecule has 0 aliphatic carbocycles. The number of fused-ring (bicyclic) bond motifs is 1. The fourth-order valence-corrected chi connectivity index (χ4v) is 2.63. The summed E-state index contributed by atoms with van der Waals surface area (Å²) in [5, 5.41) is 0.461. The Morgan fingerprint density at radius 2 is 1.94 bits per heavy atom. The van der Waals surface area contributed by atoms with Crippen LogP contribution in [0.1, 0.15) is 12.8 Å². The van der Waals surface area contributed by atoms with Gasteiger partial charge in [0.05, 0.1) is 11.0 Å². The lowest BCUT2D eigenvalue weighted by atomic mass is 10.1. The summed E-state index contributed by atoms with van der Waals surface area (Å²) in [5.74, 6) is 0.755. The normalized spacial score (nSPS) is 20.3. The summed E-state index contributed by atoms with van der Waals surface area (Å²) in [7, 11) is 0. The van der Waals surface area contributed by atoms with Crippen LogP contribution in [0.5, 0.6) is 0 Å². The summed E-state index contributed by atoms with van der Waals surface area (Å²) in [4.78, 5) is 11.1. The topological polar surface area (TPSA) is 55.0 Å². The van der Waals surface area contributed by atoms with E-state index in [4.69, 9.17) is 17.3 Å². The Balaban J connectivity index is 2.02. The highest BCUT2D eigenvalue weighted by Gasteiger charge is 2.21. The molecule has 2 N–H and O–H groups in total. The van der Waals surface area contributed by atoms with E-state index in [1.54, 1.807) is 0 Å². The second kappa shape index (κ2) is 4.71. The standard InChI is InChI=1S/C13H15ClN4/c14-12-13(18-7-3-4-9(15)8-18)17-11-6-2-1-5-10(11)16-12/h1-2,5-6,9H,3-4,7-8,15H2/t9-/m0/s1. The molecular weight excluding hydrogens is 248 g/mol. The van der Waals surface area contributed by atoms with Gasteiger partial charge in [-0.3, -0.25) is 0 Å². The zero-order valence-corrected chi connectivity index (χ0v) is 10.8. The van der Waals surface area contributed by atoms with Crippen molar-refractivity contribution in [2.24, 2.45) is 5.73 Å². The van der Waals surface area contributed by atoms with Gasteiger partial charge in [-0.25, -0.2) is 9.97 Å². The lowest BCUT2D eigenvalue weighted by Crippen LogP contribution is -2.43. The predicted octanol–water partition coefficient (Wildman–Crippen LogP) is 2.21. The van der Waals surface area contributed by atoms with Gasteiger partial charge in [-0.1, -0.05) is 23.7 Å². The zero-order chi connectivity index (χ0) is 12.5. The van der Waals surface area contributed by atoms with E-state index < -0.39 is 0 Å². The molecule has 1 aliphatic heterocycles. The first kappa shape index (κ1) is 11.7. The van der Waals surface area contributed by atoms with Crippen LogP contribution in [0.25, 0.3) is 11.0 Å². The Morgan fingerprint density at radius 3 is 2.67 bits per heavy atom. The van der Waals surface area contributed by atoms with Crippen LogP contribution in [-0.2, 0) is 0 Å². The number of anilines is 1. The van der Waals surface area contributed by atoms with Gasteiger partial charge >= 0.3 is 0 Å². The summed E-state index contributed by atoms with van der Waals surface area (Å²) >= 11 is 6.23. The fraction of sp³-hybridized carbons (Fsp3) is 0.385. The number of hydrogen-bond donors (Lipinski definition) is 1. The highest BCUT2D eigenvalue weighted by atomic mass is 35.5. The van der Waals surface area contributed by atoms with E-state index in [2.05, 4.69) is 14.9 Å². The van der Waals surface area contributed by atoms with Gasteiger partial charge < -0.3 is 10.6 Å². The van der Waals surface area contributed by atoms with Crippen molar-refractivity contribution < 1.29 is 0 Å². The molecule has 0 unspecified atom stereocenters. The maximum Gasteiger partial charge on any atom is 0.172 e. The Hall–Kier alpha value is -1.39. The molecule has 5 heteroatoms. The van der Waals surface area contributed by atoms with E-state index in [0.29, 0.717) is 5.15 Å².